The molecular formula is C12H15FN4. The van der Waals surface area contributed by atoms with Gasteiger partial charge in [-0.05, 0) is 19.1 Å². The van der Waals surface area contributed by atoms with Gasteiger partial charge in [-0.1, -0.05) is 0 Å². The first-order valence-electron chi connectivity index (χ1n) is 5.56. The second-order valence-electron chi connectivity index (χ2n) is 3.88. The fourth-order valence-electron chi connectivity index (χ4n) is 1.58. The Balaban J connectivity index is 1.81. The van der Waals surface area contributed by atoms with E-state index in [4.69, 9.17) is 0 Å². The molecule has 0 saturated carbocycles. The molecule has 0 aliphatic rings. The maximum absolute atomic E-state index is 12.7. The first-order valence-corrected chi connectivity index (χ1v) is 5.56. The van der Waals surface area contributed by atoms with Crippen molar-refractivity contribution in [3.63, 3.8) is 0 Å². The van der Waals surface area contributed by atoms with Crippen LogP contribution in [0.2, 0.25) is 0 Å². The molecule has 2 heterocycles. The average molecular weight is 234 g/mol. The molecular weight excluding hydrogens is 219 g/mol. The molecule has 17 heavy (non-hydrogen) atoms. The number of imidazole rings is 1. The zero-order valence-electron chi connectivity index (χ0n) is 9.68. The van der Waals surface area contributed by atoms with Crippen LogP contribution in [0.15, 0.2) is 37.1 Å². The molecule has 0 aromatic carbocycles. The van der Waals surface area contributed by atoms with E-state index < -0.39 is 0 Å². The lowest BCUT2D eigenvalue weighted by atomic mass is 10.2. The largest absolute Gasteiger partial charge is 0.336 e. The van der Waals surface area contributed by atoms with Crippen LogP contribution in [0.5, 0.6) is 0 Å². The molecule has 0 fully saturated rings. The maximum Gasteiger partial charge on any atom is 0.141 e. The first-order chi connectivity index (χ1) is 8.25. The molecule has 1 unspecified atom stereocenters. The van der Waals surface area contributed by atoms with Crippen molar-refractivity contribution >= 4 is 0 Å². The van der Waals surface area contributed by atoms with E-state index in [1.54, 1.807) is 18.6 Å². The Bertz CT molecular complexity index is 438. The summed E-state index contributed by atoms with van der Waals surface area (Å²) < 4.78 is 14.7. The normalized spacial score (nSPS) is 12.6. The van der Waals surface area contributed by atoms with Crippen LogP contribution in [0.25, 0.3) is 0 Å². The van der Waals surface area contributed by atoms with Crippen molar-refractivity contribution in [1.29, 1.82) is 0 Å². The van der Waals surface area contributed by atoms with E-state index >= 15 is 0 Å². The molecule has 90 valence electrons. The number of aromatic nitrogens is 3. The van der Waals surface area contributed by atoms with Gasteiger partial charge in [-0.25, -0.2) is 9.37 Å². The Hall–Kier alpha value is -1.75. The standard InChI is InChI=1S/C12H15FN4/c1-10(12-3-2-11(13)8-16-12)15-5-7-17-6-4-14-9-17/h2-4,6,8-10,15H,5,7H2,1H3. The summed E-state index contributed by atoms with van der Waals surface area (Å²) in [6, 6.07) is 3.24. The molecule has 0 bridgehead atoms. The van der Waals surface area contributed by atoms with Crippen LogP contribution in [-0.2, 0) is 6.54 Å². The minimum Gasteiger partial charge on any atom is -0.336 e. The molecule has 4 nitrogen and oxygen atoms in total. The fourth-order valence-corrected chi connectivity index (χ4v) is 1.58. The van der Waals surface area contributed by atoms with E-state index in [1.165, 1.54) is 12.3 Å². The lowest BCUT2D eigenvalue weighted by Gasteiger charge is -2.13. The van der Waals surface area contributed by atoms with Crippen molar-refractivity contribution in [3.8, 4) is 0 Å². The Kier molecular flexibility index (Phi) is 3.82. The second kappa shape index (κ2) is 5.54. The average Bonchev–Trinajstić information content (AvgIpc) is 2.83. The summed E-state index contributed by atoms with van der Waals surface area (Å²) in [5, 5.41) is 3.32. The highest BCUT2D eigenvalue weighted by Crippen LogP contribution is 2.08. The second-order valence-corrected chi connectivity index (χ2v) is 3.88. The number of halogens is 1. The summed E-state index contributed by atoms with van der Waals surface area (Å²) in [5.41, 5.74) is 0.844. The molecule has 1 atom stereocenters. The first kappa shape index (κ1) is 11.7. The van der Waals surface area contributed by atoms with Crippen molar-refractivity contribution < 1.29 is 4.39 Å². The van der Waals surface area contributed by atoms with Crippen molar-refractivity contribution in [2.75, 3.05) is 6.54 Å². The van der Waals surface area contributed by atoms with Gasteiger partial charge in [0, 0.05) is 31.5 Å². The molecule has 0 spiro atoms. The van der Waals surface area contributed by atoms with Crippen molar-refractivity contribution in [3.05, 3.63) is 48.6 Å². The van der Waals surface area contributed by atoms with E-state index in [0.717, 1.165) is 18.8 Å². The third-order valence-electron chi connectivity index (χ3n) is 2.57. The molecule has 0 aliphatic heterocycles. The van der Waals surface area contributed by atoms with E-state index in [9.17, 15) is 4.39 Å². The minimum absolute atomic E-state index is 0.110. The molecule has 1 N–H and O–H groups in total. The molecule has 2 aromatic heterocycles. The Morgan fingerprint density at radius 2 is 2.35 bits per heavy atom. The lowest BCUT2D eigenvalue weighted by molar-refractivity contribution is 0.520. The number of hydrogen-bond donors (Lipinski definition) is 1. The van der Waals surface area contributed by atoms with E-state index in [2.05, 4.69) is 15.3 Å². The topological polar surface area (TPSA) is 42.7 Å². The van der Waals surface area contributed by atoms with Gasteiger partial charge in [-0.15, -0.1) is 0 Å². The summed E-state index contributed by atoms with van der Waals surface area (Å²) in [5.74, 6) is -0.306. The third kappa shape index (κ3) is 3.35. The summed E-state index contributed by atoms with van der Waals surface area (Å²) in [4.78, 5) is 8.01. The van der Waals surface area contributed by atoms with Crippen LogP contribution >= 0.6 is 0 Å². The number of rotatable bonds is 5. The van der Waals surface area contributed by atoms with Crippen LogP contribution < -0.4 is 5.32 Å². The van der Waals surface area contributed by atoms with Crippen molar-refractivity contribution in [1.82, 2.24) is 19.9 Å². The van der Waals surface area contributed by atoms with E-state index in [0.29, 0.717) is 0 Å². The third-order valence-corrected chi connectivity index (χ3v) is 2.57. The van der Waals surface area contributed by atoms with Gasteiger partial charge in [0.1, 0.15) is 5.82 Å². The highest BCUT2D eigenvalue weighted by atomic mass is 19.1. The summed E-state index contributed by atoms with van der Waals surface area (Å²) >= 11 is 0. The van der Waals surface area contributed by atoms with E-state index in [1.807, 2.05) is 17.7 Å². The zero-order chi connectivity index (χ0) is 12.1. The predicted molar refractivity (Wildman–Crippen MR) is 62.8 cm³/mol. The Morgan fingerprint density at radius 3 is 3.00 bits per heavy atom. The molecule has 0 saturated heterocycles. The summed E-state index contributed by atoms with van der Waals surface area (Å²) in [6.07, 6.45) is 6.69. The van der Waals surface area contributed by atoms with Gasteiger partial charge in [0.25, 0.3) is 0 Å². The van der Waals surface area contributed by atoms with Gasteiger partial charge in [0.15, 0.2) is 0 Å². The monoisotopic (exact) mass is 234 g/mol. The van der Waals surface area contributed by atoms with Gasteiger partial charge in [0.05, 0.1) is 18.2 Å². The molecule has 5 heteroatoms. The van der Waals surface area contributed by atoms with Crippen LogP contribution in [0, 0.1) is 5.82 Å². The van der Waals surface area contributed by atoms with Gasteiger partial charge in [-0.2, -0.15) is 0 Å². The summed E-state index contributed by atoms with van der Waals surface area (Å²) in [6.45, 7) is 3.68. The summed E-state index contributed by atoms with van der Waals surface area (Å²) in [7, 11) is 0. The van der Waals surface area contributed by atoms with Crippen molar-refractivity contribution in [2.45, 2.75) is 19.5 Å². The smallest absolute Gasteiger partial charge is 0.141 e. The van der Waals surface area contributed by atoms with Gasteiger partial charge >= 0.3 is 0 Å². The number of nitrogens with zero attached hydrogens (tertiary/aromatic N) is 3. The van der Waals surface area contributed by atoms with Crippen molar-refractivity contribution in [2.24, 2.45) is 0 Å². The van der Waals surface area contributed by atoms with Crippen LogP contribution in [-0.4, -0.2) is 21.1 Å². The highest BCUT2D eigenvalue weighted by Gasteiger charge is 2.05. The molecule has 0 aliphatic carbocycles. The Labute approximate surface area is 99.5 Å². The van der Waals surface area contributed by atoms with Gasteiger partial charge in [0.2, 0.25) is 0 Å². The Morgan fingerprint density at radius 1 is 1.47 bits per heavy atom. The predicted octanol–water partition coefficient (Wildman–Crippen LogP) is 1.77. The van der Waals surface area contributed by atoms with Crippen LogP contribution in [0.1, 0.15) is 18.7 Å². The number of hydrogen-bond acceptors (Lipinski definition) is 3. The van der Waals surface area contributed by atoms with Crippen LogP contribution in [0.3, 0.4) is 0 Å². The molecule has 2 rings (SSSR count). The van der Waals surface area contributed by atoms with Gasteiger partial charge < -0.3 is 9.88 Å². The number of nitrogens with one attached hydrogen (secondary N) is 1. The van der Waals surface area contributed by atoms with Gasteiger partial charge in [-0.3, -0.25) is 4.98 Å². The molecule has 2 aromatic rings. The fraction of sp³-hybridized carbons (Fsp3) is 0.333. The minimum atomic E-state index is -0.306. The lowest BCUT2D eigenvalue weighted by Crippen LogP contribution is -2.23. The molecule has 0 radical (unpaired) electrons. The quantitative estimate of drug-likeness (QED) is 0.857. The zero-order valence-corrected chi connectivity index (χ0v) is 9.68. The molecule has 0 amide bonds. The number of pyridine rings is 1. The van der Waals surface area contributed by atoms with Crippen LogP contribution in [0.4, 0.5) is 4.39 Å². The van der Waals surface area contributed by atoms with E-state index in [-0.39, 0.29) is 11.9 Å². The SMILES string of the molecule is CC(NCCn1ccnc1)c1ccc(F)cn1. The maximum atomic E-state index is 12.7. The highest BCUT2D eigenvalue weighted by molar-refractivity contribution is 5.08.